The van der Waals surface area contributed by atoms with E-state index in [1.807, 2.05) is 27.7 Å². The number of hydrogen-bond acceptors (Lipinski definition) is 1. The Morgan fingerprint density at radius 1 is 1.24 bits per heavy atom. The first-order valence-electron chi connectivity index (χ1n) is 5.99. The standard InChI is InChI=1S/C14H20FNO/c1-10(2)9-16(11(3)4)14(17)12-7-5-6-8-13(12)15/h5-8,10-11H,9H2,1-4H3. The van der Waals surface area contributed by atoms with Crippen LogP contribution < -0.4 is 0 Å². The van der Waals surface area contributed by atoms with Crippen LogP contribution in [0, 0.1) is 11.7 Å². The van der Waals surface area contributed by atoms with Gasteiger partial charge in [-0.15, -0.1) is 0 Å². The third kappa shape index (κ3) is 3.55. The summed E-state index contributed by atoms with van der Waals surface area (Å²) in [5.74, 6) is -0.313. The quantitative estimate of drug-likeness (QED) is 0.786. The number of nitrogens with zero attached hydrogens (tertiary/aromatic N) is 1. The first-order valence-corrected chi connectivity index (χ1v) is 5.99. The number of amides is 1. The number of carbonyl (C=O) groups excluding carboxylic acids is 1. The number of hydrogen-bond donors (Lipinski definition) is 0. The minimum Gasteiger partial charge on any atom is -0.336 e. The molecule has 0 atom stereocenters. The van der Waals surface area contributed by atoms with Crippen LogP contribution in [0.1, 0.15) is 38.1 Å². The summed E-state index contributed by atoms with van der Waals surface area (Å²) in [4.78, 5) is 13.9. The molecular formula is C14H20FNO. The lowest BCUT2D eigenvalue weighted by Gasteiger charge is -2.28. The highest BCUT2D eigenvalue weighted by Crippen LogP contribution is 2.14. The predicted octanol–water partition coefficient (Wildman–Crippen LogP) is 3.33. The van der Waals surface area contributed by atoms with Gasteiger partial charge in [0.05, 0.1) is 5.56 Å². The fraction of sp³-hybridized carbons (Fsp3) is 0.500. The second-order valence-corrected chi connectivity index (χ2v) is 4.92. The summed E-state index contributed by atoms with van der Waals surface area (Å²) in [5.41, 5.74) is 0.154. The summed E-state index contributed by atoms with van der Waals surface area (Å²) in [6.07, 6.45) is 0. The lowest BCUT2D eigenvalue weighted by atomic mass is 10.1. The predicted molar refractivity (Wildman–Crippen MR) is 67.4 cm³/mol. The van der Waals surface area contributed by atoms with Gasteiger partial charge in [0.15, 0.2) is 0 Å². The van der Waals surface area contributed by atoms with Crippen molar-refractivity contribution >= 4 is 5.91 Å². The third-order valence-electron chi connectivity index (χ3n) is 2.55. The Hall–Kier alpha value is -1.38. The zero-order valence-corrected chi connectivity index (χ0v) is 10.9. The molecule has 0 bridgehead atoms. The molecule has 3 heteroatoms. The van der Waals surface area contributed by atoms with E-state index in [4.69, 9.17) is 0 Å². The maximum atomic E-state index is 13.6. The SMILES string of the molecule is CC(C)CN(C(=O)c1ccccc1F)C(C)C. The van der Waals surface area contributed by atoms with Gasteiger partial charge in [-0.05, 0) is 31.9 Å². The van der Waals surface area contributed by atoms with Gasteiger partial charge in [-0.1, -0.05) is 26.0 Å². The van der Waals surface area contributed by atoms with Gasteiger partial charge >= 0.3 is 0 Å². The largest absolute Gasteiger partial charge is 0.336 e. The maximum Gasteiger partial charge on any atom is 0.257 e. The number of carbonyl (C=O) groups is 1. The van der Waals surface area contributed by atoms with Crippen molar-refractivity contribution in [1.29, 1.82) is 0 Å². The first-order chi connectivity index (χ1) is 7.93. The molecule has 0 aliphatic carbocycles. The van der Waals surface area contributed by atoms with Gasteiger partial charge in [0.25, 0.3) is 5.91 Å². The van der Waals surface area contributed by atoms with E-state index in [0.717, 1.165) is 0 Å². The van der Waals surface area contributed by atoms with Crippen LogP contribution in [-0.2, 0) is 0 Å². The van der Waals surface area contributed by atoms with E-state index in [2.05, 4.69) is 0 Å². The molecule has 0 fully saturated rings. The van der Waals surface area contributed by atoms with Crippen LogP contribution in [0.4, 0.5) is 4.39 Å². The molecule has 0 aromatic heterocycles. The van der Waals surface area contributed by atoms with E-state index in [1.165, 1.54) is 12.1 Å². The molecule has 94 valence electrons. The van der Waals surface area contributed by atoms with Crippen molar-refractivity contribution in [2.24, 2.45) is 5.92 Å². The molecule has 1 aromatic rings. The highest BCUT2D eigenvalue weighted by molar-refractivity contribution is 5.94. The Labute approximate surface area is 102 Å². The molecule has 1 amide bonds. The fourth-order valence-corrected chi connectivity index (χ4v) is 1.71. The van der Waals surface area contributed by atoms with Crippen LogP contribution >= 0.6 is 0 Å². The average molecular weight is 237 g/mol. The van der Waals surface area contributed by atoms with Crippen LogP contribution in [0.15, 0.2) is 24.3 Å². The van der Waals surface area contributed by atoms with Crippen LogP contribution in [-0.4, -0.2) is 23.4 Å². The second-order valence-electron chi connectivity index (χ2n) is 4.92. The molecule has 0 aliphatic heterocycles. The molecule has 1 aromatic carbocycles. The molecule has 0 aliphatic rings. The molecule has 0 spiro atoms. The van der Waals surface area contributed by atoms with Crippen molar-refractivity contribution in [3.63, 3.8) is 0 Å². The van der Waals surface area contributed by atoms with Crippen molar-refractivity contribution in [3.05, 3.63) is 35.6 Å². The zero-order valence-electron chi connectivity index (χ0n) is 10.9. The van der Waals surface area contributed by atoms with Crippen molar-refractivity contribution < 1.29 is 9.18 Å². The molecule has 0 N–H and O–H groups in total. The van der Waals surface area contributed by atoms with Gasteiger partial charge in [-0.3, -0.25) is 4.79 Å². The van der Waals surface area contributed by atoms with Crippen molar-refractivity contribution in [2.45, 2.75) is 33.7 Å². The topological polar surface area (TPSA) is 20.3 Å². The van der Waals surface area contributed by atoms with Crippen LogP contribution in [0.2, 0.25) is 0 Å². The molecular weight excluding hydrogens is 217 g/mol. The summed E-state index contributed by atoms with van der Waals surface area (Å²) in [6.45, 7) is 8.63. The van der Waals surface area contributed by atoms with Crippen LogP contribution in [0.5, 0.6) is 0 Å². The van der Waals surface area contributed by atoms with Gasteiger partial charge < -0.3 is 4.90 Å². The summed E-state index contributed by atoms with van der Waals surface area (Å²) in [6, 6.07) is 6.21. The normalized spacial score (nSPS) is 11.0. The molecule has 0 radical (unpaired) electrons. The van der Waals surface area contributed by atoms with Crippen molar-refractivity contribution in [2.75, 3.05) is 6.54 Å². The molecule has 0 unspecified atom stereocenters. The lowest BCUT2D eigenvalue weighted by molar-refractivity contribution is 0.0677. The molecule has 0 saturated carbocycles. The minimum atomic E-state index is -0.452. The van der Waals surface area contributed by atoms with Crippen LogP contribution in [0.3, 0.4) is 0 Å². The summed E-state index contributed by atoms with van der Waals surface area (Å²) >= 11 is 0. The van der Waals surface area contributed by atoms with Gasteiger partial charge in [0.2, 0.25) is 0 Å². The third-order valence-corrected chi connectivity index (χ3v) is 2.55. The number of benzene rings is 1. The number of halogens is 1. The smallest absolute Gasteiger partial charge is 0.257 e. The van der Waals surface area contributed by atoms with Gasteiger partial charge in [0, 0.05) is 12.6 Å². The minimum absolute atomic E-state index is 0.0736. The monoisotopic (exact) mass is 237 g/mol. The lowest BCUT2D eigenvalue weighted by Crippen LogP contribution is -2.39. The number of rotatable bonds is 4. The Morgan fingerprint density at radius 2 is 1.82 bits per heavy atom. The Morgan fingerprint density at radius 3 is 2.29 bits per heavy atom. The van der Waals surface area contributed by atoms with Gasteiger partial charge in [-0.25, -0.2) is 4.39 Å². The molecule has 0 saturated heterocycles. The maximum absolute atomic E-state index is 13.6. The van der Waals surface area contributed by atoms with E-state index >= 15 is 0 Å². The van der Waals surface area contributed by atoms with Crippen molar-refractivity contribution in [1.82, 2.24) is 4.90 Å². The summed E-state index contributed by atoms with van der Waals surface area (Å²) in [7, 11) is 0. The highest BCUT2D eigenvalue weighted by Gasteiger charge is 2.21. The Kier molecular flexibility index (Phi) is 4.67. The zero-order chi connectivity index (χ0) is 13.0. The van der Waals surface area contributed by atoms with Crippen LogP contribution in [0.25, 0.3) is 0 Å². The van der Waals surface area contributed by atoms with Gasteiger partial charge in [0.1, 0.15) is 5.82 Å². The molecule has 17 heavy (non-hydrogen) atoms. The Bertz CT molecular complexity index is 388. The van der Waals surface area contributed by atoms with E-state index in [9.17, 15) is 9.18 Å². The first kappa shape index (κ1) is 13.7. The fourth-order valence-electron chi connectivity index (χ4n) is 1.71. The Balaban J connectivity index is 2.96. The van der Waals surface area contributed by atoms with E-state index < -0.39 is 5.82 Å². The van der Waals surface area contributed by atoms with Crippen molar-refractivity contribution in [3.8, 4) is 0 Å². The molecule has 0 heterocycles. The summed E-state index contributed by atoms with van der Waals surface area (Å²) in [5, 5.41) is 0. The van der Waals surface area contributed by atoms with E-state index in [1.54, 1.807) is 17.0 Å². The van der Waals surface area contributed by atoms with E-state index in [0.29, 0.717) is 12.5 Å². The second kappa shape index (κ2) is 5.80. The molecule has 1 rings (SSSR count). The van der Waals surface area contributed by atoms with E-state index in [-0.39, 0.29) is 17.5 Å². The highest BCUT2D eigenvalue weighted by atomic mass is 19.1. The summed E-state index contributed by atoms with van der Waals surface area (Å²) < 4.78 is 13.6. The van der Waals surface area contributed by atoms with Gasteiger partial charge in [-0.2, -0.15) is 0 Å². The molecule has 2 nitrogen and oxygen atoms in total. The average Bonchev–Trinajstić information content (AvgIpc) is 2.25.